The molecule has 1 aromatic carbocycles. The summed E-state index contributed by atoms with van der Waals surface area (Å²) in [6.45, 7) is 2.29. The van der Waals surface area contributed by atoms with Gasteiger partial charge in [0.1, 0.15) is 5.58 Å². The highest BCUT2D eigenvalue weighted by atomic mass is 127. The number of rotatable bonds is 2. The molecule has 0 saturated carbocycles. The highest BCUT2D eigenvalue weighted by molar-refractivity contribution is 5.77. The van der Waals surface area contributed by atoms with Crippen molar-refractivity contribution in [3.63, 3.8) is 0 Å². The van der Waals surface area contributed by atoms with Gasteiger partial charge in [-0.15, -0.1) is 0 Å². The second-order valence-corrected chi connectivity index (χ2v) is 2.87. The van der Waals surface area contributed by atoms with Crippen LogP contribution in [0.1, 0.15) is 6.92 Å². The second kappa shape index (κ2) is 6.49. The Labute approximate surface area is 110 Å². The van der Waals surface area contributed by atoms with Gasteiger partial charge in [-0.1, -0.05) is 18.2 Å². The molecule has 5 heteroatoms. The zero-order valence-electron chi connectivity index (χ0n) is 9.20. The molecule has 16 heavy (non-hydrogen) atoms. The van der Waals surface area contributed by atoms with E-state index in [1.165, 1.54) is 0 Å². The van der Waals surface area contributed by atoms with Gasteiger partial charge in [-0.3, -0.25) is 0 Å². The van der Waals surface area contributed by atoms with E-state index in [0.717, 1.165) is 5.39 Å². The molecule has 1 aromatic heterocycles. The van der Waals surface area contributed by atoms with E-state index >= 15 is 0 Å². The van der Waals surface area contributed by atoms with Gasteiger partial charge in [-0.05, 0) is 19.1 Å². The van der Waals surface area contributed by atoms with Gasteiger partial charge in [0.05, 0.1) is 6.61 Å². The van der Waals surface area contributed by atoms with Crippen LogP contribution in [0.3, 0.4) is 0 Å². The van der Waals surface area contributed by atoms with Crippen molar-refractivity contribution < 1.29 is 33.1 Å². The first-order chi connectivity index (χ1) is 6.81. The van der Waals surface area contributed by atoms with E-state index in [9.17, 15) is 4.79 Å². The Kier molecular flexibility index (Phi) is 6.05. The topological polar surface area (TPSA) is 75.9 Å². The normalized spacial score (nSPS) is 9.06. The van der Waals surface area contributed by atoms with E-state index < -0.39 is 5.63 Å². The number of quaternary nitrogens is 1. The van der Waals surface area contributed by atoms with Crippen LogP contribution in [-0.2, 0) is 0 Å². The minimum Gasteiger partial charge on any atom is -1.00 e. The van der Waals surface area contributed by atoms with Crippen molar-refractivity contribution in [1.29, 1.82) is 0 Å². The molecule has 4 nitrogen and oxygen atoms in total. The fraction of sp³-hybridized carbons (Fsp3) is 0.182. The van der Waals surface area contributed by atoms with E-state index in [2.05, 4.69) is 0 Å². The van der Waals surface area contributed by atoms with Gasteiger partial charge in [0.2, 0.25) is 5.75 Å². The largest absolute Gasteiger partial charge is 1.00 e. The van der Waals surface area contributed by atoms with Gasteiger partial charge in [-0.2, -0.15) is 0 Å². The molecule has 0 radical (unpaired) electrons. The van der Waals surface area contributed by atoms with Gasteiger partial charge >= 0.3 is 5.63 Å². The van der Waals surface area contributed by atoms with Crippen LogP contribution < -0.4 is 40.5 Å². The average molecular weight is 335 g/mol. The minimum atomic E-state index is -0.425. The van der Waals surface area contributed by atoms with Gasteiger partial charge in [0.15, 0.2) is 0 Å². The SMILES string of the molecule is CCOc1cc2ccccc2oc1=O.[I-].[NH4+]. The van der Waals surface area contributed by atoms with E-state index in [1.54, 1.807) is 12.1 Å². The molecular weight excluding hydrogens is 321 g/mol. The molecule has 88 valence electrons. The summed E-state index contributed by atoms with van der Waals surface area (Å²) < 4.78 is 10.2. The molecule has 1 heterocycles. The molecule has 0 aliphatic heterocycles. The third-order valence-electron chi connectivity index (χ3n) is 1.91. The quantitative estimate of drug-likeness (QED) is 0.598. The Morgan fingerprint density at radius 2 is 2.00 bits per heavy atom. The Morgan fingerprint density at radius 1 is 1.31 bits per heavy atom. The molecule has 0 unspecified atom stereocenters. The molecular formula is C11H14INO3. The fourth-order valence-corrected chi connectivity index (χ4v) is 1.30. The summed E-state index contributed by atoms with van der Waals surface area (Å²) in [5, 5.41) is 0.871. The maximum absolute atomic E-state index is 11.3. The Hall–Kier alpha value is -1.08. The van der Waals surface area contributed by atoms with E-state index in [0.29, 0.717) is 12.2 Å². The smallest absolute Gasteiger partial charge is 0.379 e. The van der Waals surface area contributed by atoms with Crippen molar-refractivity contribution >= 4 is 11.0 Å². The lowest BCUT2D eigenvalue weighted by Crippen LogP contribution is -3.00. The summed E-state index contributed by atoms with van der Waals surface area (Å²) in [6.07, 6.45) is 0. The maximum atomic E-state index is 11.3. The van der Waals surface area contributed by atoms with Crippen molar-refractivity contribution in [3.8, 4) is 5.75 Å². The number of hydrogen-bond acceptors (Lipinski definition) is 3. The van der Waals surface area contributed by atoms with Gasteiger partial charge in [0, 0.05) is 5.39 Å². The van der Waals surface area contributed by atoms with Crippen LogP contribution in [0.5, 0.6) is 5.75 Å². The highest BCUT2D eigenvalue weighted by Crippen LogP contribution is 2.16. The first-order valence-corrected chi connectivity index (χ1v) is 4.47. The summed E-state index contributed by atoms with van der Waals surface area (Å²) in [6, 6.07) is 9.04. The standard InChI is InChI=1S/C11H10O3.HI.H3N/c1-2-13-10-7-8-5-3-4-6-9(8)14-11(10)12;;/h3-7H,2H2,1H3;1H;1H3. The lowest BCUT2D eigenvalue weighted by Gasteiger charge is -2.01. The number of ether oxygens (including phenoxy) is 1. The lowest BCUT2D eigenvalue weighted by atomic mass is 10.2. The van der Waals surface area contributed by atoms with Gasteiger partial charge in [-0.25, -0.2) is 4.79 Å². The molecule has 0 amide bonds. The fourth-order valence-electron chi connectivity index (χ4n) is 1.30. The maximum Gasteiger partial charge on any atom is 0.379 e. The number of halogens is 1. The first-order valence-electron chi connectivity index (χ1n) is 4.47. The molecule has 0 fully saturated rings. The van der Waals surface area contributed by atoms with Crippen LogP contribution in [0.2, 0.25) is 0 Å². The molecule has 0 saturated heterocycles. The Bertz CT molecular complexity index is 510. The summed E-state index contributed by atoms with van der Waals surface area (Å²) in [7, 11) is 0. The molecule has 2 rings (SSSR count). The van der Waals surface area contributed by atoms with Crippen LogP contribution in [0, 0.1) is 0 Å². The van der Waals surface area contributed by atoms with Crippen LogP contribution in [0.15, 0.2) is 39.5 Å². The molecule has 2 aromatic rings. The second-order valence-electron chi connectivity index (χ2n) is 2.87. The predicted molar refractivity (Wildman–Crippen MR) is 59.6 cm³/mol. The number of para-hydroxylation sites is 1. The van der Waals surface area contributed by atoms with Crippen LogP contribution in [0.4, 0.5) is 0 Å². The van der Waals surface area contributed by atoms with Crippen molar-refractivity contribution in [3.05, 3.63) is 40.8 Å². The molecule has 0 atom stereocenters. The number of benzene rings is 1. The average Bonchev–Trinajstić information content (AvgIpc) is 2.19. The molecule has 0 bridgehead atoms. The molecule has 4 N–H and O–H groups in total. The third-order valence-corrected chi connectivity index (χ3v) is 1.91. The first kappa shape index (κ1) is 14.9. The predicted octanol–water partition coefficient (Wildman–Crippen LogP) is -0.428. The van der Waals surface area contributed by atoms with E-state index in [4.69, 9.17) is 9.15 Å². The molecule has 0 aliphatic carbocycles. The number of fused-ring (bicyclic) bond motifs is 1. The minimum absolute atomic E-state index is 0. The van der Waals surface area contributed by atoms with Crippen molar-refractivity contribution in [2.24, 2.45) is 0 Å². The van der Waals surface area contributed by atoms with Crippen LogP contribution in [0.25, 0.3) is 11.0 Å². The van der Waals surface area contributed by atoms with Gasteiger partial charge in [0.25, 0.3) is 0 Å². The summed E-state index contributed by atoms with van der Waals surface area (Å²) in [5.41, 5.74) is 0.159. The number of hydrogen-bond donors (Lipinski definition) is 1. The van der Waals surface area contributed by atoms with Crippen LogP contribution in [-0.4, -0.2) is 6.61 Å². The lowest BCUT2D eigenvalue weighted by molar-refractivity contribution is -0.00000427. The van der Waals surface area contributed by atoms with Crippen molar-refractivity contribution in [2.75, 3.05) is 6.61 Å². The zero-order chi connectivity index (χ0) is 9.97. The van der Waals surface area contributed by atoms with E-state index in [-0.39, 0.29) is 35.9 Å². The highest BCUT2D eigenvalue weighted by Gasteiger charge is 2.04. The van der Waals surface area contributed by atoms with Crippen LogP contribution >= 0.6 is 0 Å². The summed E-state index contributed by atoms with van der Waals surface area (Å²) in [5.74, 6) is 0.270. The Balaban J connectivity index is 0.00000112. The van der Waals surface area contributed by atoms with E-state index in [1.807, 2.05) is 25.1 Å². The van der Waals surface area contributed by atoms with Crippen molar-refractivity contribution in [2.45, 2.75) is 6.92 Å². The summed E-state index contributed by atoms with van der Waals surface area (Å²) >= 11 is 0. The summed E-state index contributed by atoms with van der Waals surface area (Å²) in [4.78, 5) is 11.3. The van der Waals surface area contributed by atoms with Gasteiger partial charge < -0.3 is 39.3 Å². The monoisotopic (exact) mass is 335 g/mol. The molecule has 0 aliphatic rings. The molecule has 0 spiro atoms. The Morgan fingerprint density at radius 3 is 2.69 bits per heavy atom. The van der Waals surface area contributed by atoms with Crippen molar-refractivity contribution in [1.82, 2.24) is 6.15 Å². The zero-order valence-corrected chi connectivity index (χ0v) is 11.4. The third kappa shape index (κ3) is 2.96.